The van der Waals surface area contributed by atoms with Crippen LogP contribution in [0.25, 0.3) is 0 Å². The Morgan fingerprint density at radius 3 is 2.79 bits per heavy atom. The lowest BCUT2D eigenvalue weighted by atomic mass is 9.83. The minimum Gasteiger partial charge on any atom is -0.389 e. The van der Waals surface area contributed by atoms with E-state index in [9.17, 15) is 5.11 Å². The van der Waals surface area contributed by atoms with Crippen molar-refractivity contribution in [3.63, 3.8) is 0 Å². The van der Waals surface area contributed by atoms with Crippen LogP contribution in [-0.2, 0) is 13.0 Å². The zero-order valence-corrected chi connectivity index (χ0v) is 13.9. The maximum absolute atomic E-state index is 10.9. The van der Waals surface area contributed by atoms with Gasteiger partial charge in [-0.2, -0.15) is 5.10 Å². The number of hydrogen-bond acceptors (Lipinski definition) is 3. The van der Waals surface area contributed by atoms with Crippen LogP contribution >= 0.6 is 15.9 Å². The lowest BCUT2D eigenvalue weighted by Gasteiger charge is -2.41. The van der Waals surface area contributed by atoms with Crippen molar-refractivity contribution in [2.24, 2.45) is 0 Å². The molecule has 1 aromatic rings. The molecular formula is C14H24BrN3O. The van der Waals surface area contributed by atoms with Crippen LogP contribution in [0.3, 0.4) is 0 Å². The van der Waals surface area contributed by atoms with E-state index in [0.29, 0.717) is 12.5 Å². The van der Waals surface area contributed by atoms with Crippen molar-refractivity contribution >= 4 is 15.9 Å². The van der Waals surface area contributed by atoms with E-state index >= 15 is 0 Å². The predicted molar refractivity (Wildman–Crippen MR) is 80.3 cm³/mol. The lowest BCUT2D eigenvalue weighted by Crippen LogP contribution is -2.49. The minimum absolute atomic E-state index is 0.427. The van der Waals surface area contributed by atoms with Crippen LogP contribution in [0, 0.1) is 6.92 Å². The molecule has 1 fully saturated rings. The number of aromatic nitrogens is 2. The van der Waals surface area contributed by atoms with Crippen molar-refractivity contribution in [2.45, 2.75) is 58.2 Å². The van der Waals surface area contributed by atoms with Crippen molar-refractivity contribution < 1.29 is 5.11 Å². The molecule has 2 unspecified atom stereocenters. The molecule has 108 valence electrons. The van der Waals surface area contributed by atoms with E-state index in [1.807, 2.05) is 11.6 Å². The second-order valence-corrected chi connectivity index (χ2v) is 6.64. The van der Waals surface area contributed by atoms with Crippen molar-refractivity contribution in [2.75, 3.05) is 13.6 Å². The molecule has 0 saturated carbocycles. The van der Waals surface area contributed by atoms with Gasteiger partial charge in [0.05, 0.1) is 21.5 Å². The molecule has 0 bridgehead atoms. The van der Waals surface area contributed by atoms with Crippen LogP contribution in [0.5, 0.6) is 0 Å². The van der Waals surface area contributed by atoms with Crippen molar-refractivity contribution in [3.05, 3.63) is 15.9 Å². The molecule has 2 rings (SSSR count). The van der Waals surface area contributed by atoms with Crippen molar-refractivity contribution in [1.29, 1.82) is 0 Å². The number of aliphatic hydroxyl groups is 1. The summed E-state index contributed by atoms with van der Waals surface area (Å²) in [6, 6.07) is 0.427. The Morgan fingerprint density at radius 2 is 2.21 bits per heavy atom. The fraction of sp³-hybridized carbons (Fsp3) is 0.786. The molecule has 0 spiro atoms. The highest BCUT2D eigenvalue weighted by Gasteiger charge is 2.36. The molecule has 1 N–H and O–H groups in total. The fourth-order valence-electron chi connectivity index (χ4n) is 2.92. The lowest BCUT2D eigenvalue weighted by molar-refractivity contribution is -0.0367. The Balaban J connectivity index is 2.21. The maximum Gasteiger partial charge on any atom is 0.0738 e. The summed E-state index contributed by atoms with van der Waals surface area (Å²) >= 11 is 3.61. The Morgan fingerprint density at radius 1 is 1.53 bits per heavy atom. The van der Waals surface area contributed by atoms with Gasteiger partial charge in [0, 0.05) is 25.6 Å². The highest BCUT2D eigenvalue weighted by molar-refractivity contribution is 9.10. The summed E-state index contributed by atoms with van der Waals surface area (Å²) < 4.78 is 3.05. The van der Waals surface area contributed by atoms with Gasteiger partial charge in [-0.1, -0.05) is 0 Å². The van der Waals surface area contributed by atoms with Crippen LogP contribution in [-0.4, -0.2) is 45.0 Å². The summed E-state index contributed by atoms with van der Waals surface area (Å²) in [6.07, 6.45) is 2.33. The van der Waals surface area contributed by atoms with E-state index in [4.69, 9.17) is 0 Å². The summed E-state index contributed by atoms with van der Waals surface area (Å²) in [6.45, 7) is 8.06. The second kappa shape index (κ2) is 5.54. The molecule has 0 aromatic carbocycles. The third-order valence-corrected chi connectivity index (χ3v) is 5.34. The first-order valence-corrected chi connectivity index (χ1v) is 7.80. The van der Waals surface area contributed by atoms with Crippen LogP contribution in [0.1, 0.15) is 38.1 Å². The minimum atomic E-state index is -0.603. The van der Waals surface area contributed by atoms with E-state index in [0.717, 1.165) is 41.8 Å². The van der Waals surface area contributed by atoms with Crippen molar-refractivity contribution in [3.8, 4) is 0 Å². The Labute approximate surface area is 123 Å². The molecule has 1 aromatic heterocycles. The first-order valence-electron chi connectivity index (χ1n) is 7.00. The van der Waals surface area contributed by atoms with Gasteiger partial charge >= 0.3 is 0 Å². The average Bonchev–Trinajstić information content (AvgIpc) is 2.62. The zero-order chi connectivity index (χ0) is 14.2. The molecule has 19 heavy (non-hydrogen) atoms. The average molecular weight is 330 g/mol. The summed E-state index contributed by atoms with van der Waals surface area (Å²) in [5, 5.41) is 15.4. The highest BCUT2D eigenvalue weighted by Crippen LogP contribution is 2.32. The van der Waals surface area contributed by atoms with E-state index < -0.39 is 5.60 Å². The van der Waals surface area contributed by atoms with Gasteiger partial charge in [-0.05, 0) is 56.6 Å². The molecule has 0 amide bonds. The third kappa shape index (κ3) is 3.03. The summed E-state index contributed by atoms with van der Waals surface area (Å²) in [7, 11) is 2.13. The van der Waals surface area contributed by atoms with Crippen LogP contribution in [0.2, 0.25) is 0 Å². The number of aryl methyl sites for hydroxylation is 2. The van der Waals surface area contributed by atoms with E-state index in [2.05, 4.69) is 46.8 Å². The number of rotatable bonds is 3. The fourth-order valence-corrected chi connectivity index (χ4v) is 3.35. The second-order valence-electron chi connectivity index (χ2n) is 5.85. The molecule has 1 saturated heterocycles. The molecule has 0 radical (unpaired) electrons. The zero-order valence-electron chi connectivity index (χ0n) is 12.3. The molecule has 1 aliphatic rings. The van der Waals surface area contributed by atoms with E-state index in [-0.39, 0.29) is 0 Å². The molecule has 5 heteroatoms. The topological polar surface area (TPSA) is 41.3 Å². The van der Waals surface area contributed by atoms with Gasteiger partial charge in [-0.3, -0.25) is 4.68 Å². The normalized spacial score (nSPS) is 28.8. The van der Waals surface area contributed by atoms with Crippen molar-refractivity contribution in [1.82, 2.24) is 14.7 Å². The van der Waals surface area contributed by atoms with Gasteiger partial charge in [0.1, 0.15) is 0 Å². The molecule has 4 nitrogen and oxygen atoms in total. The summed E-state index contributed by atoms with van der Waals surface area (Å²) in [5.74, 6) is 0. The number of halogens is 1. The Kier molecular flexibility index (Phi) is 4.38. The van der Waals surface area contributed by atoms with Gasteiger partial charge < -0.3 is 10.0 Å². The highest BCUT2D eigenvalue weighted by atomic mass is 79.9. The number of nitrogens with zero attached hydrogens (tertiary/aromatic N) is 3. The molecule has 2 atom stereocenters. The monoisotopic (exact) mass is 329 g/mol. The molecule has 2 heterocycles. The first-order chi connectivity index (χ1) is 8.86. The maximum atomic E-state index is 10.9. The first kappa shape index (κ1) is 15.0. The number of likely N-dealkylation sites (tertiary alicyclic amines) is 1. The van der Waals surface area contributed by atoms with Gasteiger partial charge in [0.15, 0.2) is 0 Å². The van der Waals surface area contributed by atoms with E-state index in [1.54, 1.807) is 0 Å². The van der Waals surface area contributed by atoms with Gasteiger partial charge in [-0.15, -0.1) is 0 Å². The predicted octanol–water partition coefficient (Wildman–Crippen LogP) is 2.36. The van der Waals surface area contributed by atoms with Gasteiger partial charge in [-0.25, -0.2) is 0 Å². The van der Waals surface area contributed by atoms with Gasteiger partial charge in [0.25, 0.3) is 0 Å². The Hall–Kier alpha value is -0.390. The van der Waals surface area contributed by atoms with Crippen LogP contribution in [0.15, 0.2) is 4.47 Å². The molecular weight excluding hydrogens is 306 g/mol. The number of hydrogen-bond donors (Lipinski definition) is 1. The smallest absolute Gasteiger partial charge is 0.0738 e. The standard InChI is InChI=1S/C14H24BrN3O/c1-5-18-12(13(15)11(3)16-18)9-14(19)6-7-17(4)10(2)8-14/h10,19H,5-9H2,1-4H3. The van der Waals surface area contributed by atoms with Crippen LogP contribution in [0.4, 0.5) is 0 Å². The van der Waals surface area contributed by atoms with E-state index in [1.165, 1.54) is 0 Å². The number of piperidine rings is 1. The van der Waals surface area contributed by atoms with Crippen LogP contribution < -0.4 is 0 Å². The summed E-state index contributed by atoms with van der Waals surface area (Å²) in [4.78, 5) is 2.31. The Bertz CT molecular complexity index is 460. The third-order valence-electron chi connectivity index (χ3n) is 4.31. The quantitative estimate of drug-likeness (QED) is 0.925. The largest absolute Gasteiger partial charge is 0.389 e. The molecule has 0 aliphatic carbocycles. The summed E-state index contributed by atoms with van der Waals surface area (Å²) in [5.41, 5.74) is 1.52. The SMILES string of the molecule is CCn1nc(C)c(Br)c1CC1(O)CCN(C)C(C)C1. The van der Waals surface area contributed by atoms with Gasteiger partial charge in [0.2, 0.25) is 0 Å². The molecule has 1 aliphatic heterocycles.